The van der Waals surface area contributed by atoms with Gasteiger partial charge in [0.05, 0.1) is 27.2 Å². The summed E-state index contributed by atoms with van der Waals surface area (Å²) in [5.41, 5.74) is 0.562. The molecule has 20 heavy (non-hydrogen) atoms. The van der Waals surface area contributed by atoms with Crippen molar-refractivity contribution in [2.24, 2.45) is 0 Å². The van der Waals surface area contributed by atoms with Gasteiger partial charge in [-0.1, -0.05) is 17.7 Å². The topological polar surface area (TPSA) is 70.0 Å². The molecule has 2 aromatic rings. The fourth-order valence-corrected chi connectivity index (χ4v) is 2.83. The average molecular weight is 311 g/mol. The molecule has 0 aliphatic carbocycles. The standard InChI is InChI=1S/C13H8ClFN2O2S/c14-12-7-11(4-5-13(12)15)20(18,19)17-10-3-1-2-9(6-10)8-16/h1-7,17H. The van der Waals surface area contributed by atoms with Crippen LogP contribution < -0.4 is 4.72 Å². The largest absolute Gasteiger partial charge is 0.280 e. The summed E-state index contributed by atoms with van der Waals surface area (Å²) in [5.74, 6) is -0.697. The Kier molecular flexibility index (Phi) is 3.93. The molecule has 0 unspecified atom stereocenters. The van der Waals surface area contributed by atoms with Gasteiger partial charge < -0.3 is 0 Å². The molecule has 0 bridgehead atoms. The van der Waals surface area contributed by atoms with Crippen LogP contribution in [0, 0.1) is 17.1 Å². The van der Waals surface area contributed by atoms with Crippen molar-refractivity contribution in [1.29, 1.82) is 5.26 Å². The van der Waals surface area contributed by atoms with E-state index in [9.17, 15) is 12.8 Å². The summed E-state index contributed by atoms with van der Waals surface area (Å²) >= 11 is 5.56. The Morgan fingerprint density at radius 3 is 2.60 bits per heavy atom. The average Bonchev–Trinajstić information content (AvgIpc) is 2.41. The van der Waals surface area contributed by atoms with E-state index < -0.39 is 15.8 Å². The van der Waals surface area contributed by atoms with Crippen molar-refractivity contribution in [3.8, 4) is 6.07 Å². The zero-order chi connectivity index (χ0) is 14.8. The zero-order valence-electron chi connectivity index (χ0n) is 9.97. The highest BCUT2D eigenvalue weighted by Gasteiger charge is 2.16. The van der Waals surface area contributed by atoms with Crippen LogP contribution in [0.3, 0.4) is 0 Å². The lowest BCUT2D eigenvalue weighted by Crippen LogP contribution is -2.13. The van der Waals surface area contributed by atoms with E-state index in [0.29, 0.717) is 5.56 Å². The van der Waals surface area contributed by atoms with Crippen LogP contribution >= 0.6 is 11.6 Å². The minimum atomic E-state index is -3.89. The number of anilines is 1. The maximum atomic E-state index is 13.0. The van der Waals surface area contributed by atoms with Gasteiger partial charge >= 0.3 is 0 Å². The van der Waals surface area contributed by atoms with Gasteiger partial charge in [-0.15, -0.1) is 0 Å². The van der Waals surface area contributed by atoms with E-state index in [4.69, 9.17) is 16.9 Å². The molecular weight excluding hydrogens is 303 g/mol. The quantitative estimate of drug-likeness (QED) is 0.946. The molecule has 0 aliphatic heterocycles. The third-order valence-electron chi connectivity index (χ3n) is 2.45. The number of hydrogen-bond donors (Lipinski definition) is 1. The molecule has 102 valence electrons. The summed E-state index contributed by atoms with van der Waals surface area (Å²) in [6.45, 7) is 0. The lowest BCUT2D eigenvalue weighted by Gasteiger charge is -2.08. The van der Waals surface area contributed by atoms with Gasteiger partial charge in [0, 0.05) is 0 Å². The first-order chi connectivity index (χ1) is 9.42. The van der Waals surface area contributed by atoms with E-state index in [0.717, 1.165) is 18.2 Å². The van der Waals surface area contributed by atoms with E-state index in [-0.39, 0.29) is 15.6 Å². The molecule has 0 radical (unpaired) electrons. The Bertz CT molecular complexity index is 800. The van der Waals surface area contributed by atoms with Crippen LogP contribution in [0.2, 0.25) is 5.02 Å². The summed E-state index contributed by atoms with van der Waals surface area (Å²) < 4.78 is 39.5. The van der Waals surface area contributed by atoms with Crippen molar-refractivity contribution < 1.29 is 12.8 Å². The second-order valence-corrected chi connectivity index (χ2v) is 5.96. The molecule has 0 atom stereocenters. The number of benzene rings is 2. The predicted octanol–water partition coefficient (Wildman–Crippen LogP) is 3.15. The summed E-state index contributed by atoms with van der Waals surface area (Å²) in [5, 5.41) is 8.48. The maximum absolute atomic E-state index is 13.0. The van der Waals surface area contributed by atoms with Crippen molar-refractivity contribution in [2.75, 3.05) is 4.72 Å². The van der Waals surface area contributed by atoms with Crippen molar-refractivity contribution in [1.82, 2.24) is 0 Å². The lowest BCUT2D eigenvalue weighted by atomic mass is 10.2. The highest BCUT2D eigenvalue weighted by atomic mass is 35.5. The number of nitrogens with one attached hydrogen (secondary N) is 1. The van der Waals surface area contributed by atoms with Crippen LogP contribution in [0.5, 0.6) is 0 Å². The maximum Gasteiger partial charge on any atom is 0.261 e. The SMILES string of the molecule is N#Cc1cccc(NS(=O)(=O)c2ccc(F)c(Cl)c2)c1. The van der Waals surface area contributed by atoms with E-state index in [2.05, 4.69) is 4.72 Å². The Balaban J connectivity index is 2.35. The smallest absolute Gasteiger partial charge is 0.261 e. The molecule has 0 heterocycles. The summed E-state index contributed by atoms with van der Waals surface area (Å²) in [6, 6.07) is 11.0. The van der Waals surface area contributed by atoms with Crippen LogP contribution in [-0.2, 0) is 10.0 Å². The molecule has 7 heteroatoms. The Morgan fingerprint density at radius 2 is 1.95 bits per heavy atom. The number of halogens is 2. The van der Waals surface area contributed by atoms with E-state index >= 15 is 0 Å². The van der Waals surface area contributed by atoms with Crippen molar-refractivity contribution >= 4 is 27.3 Å². The fourth-order valence-electron chi connectivity index (χ4n) is 1.51. The van der Waals surface area contributed by atoms with E-state index in [1.54, 1.807) is 12.1 Å². The minimum absolute atomic E-state index is 0.161. The highest BCUT2D eigenvalue weighted by molar-refractivity contribution is 7.92. The van der Waals surface area contributed by atoms with Crippen LogP contribution in [0.15, 0.2) is 47.4 Å². The second-order valence-electron chi connectivity index (χ2n) is 3.87. The van der Waals surface area contributed by atoms with Gasteiger partial charge in [-0.2, -0.15) is 5.26 Å². The minimum Gasteiger partial charge on any atom is -0.280 e. The van der Waals surface area contributed by atoms with Gasteiger partial charge in [-0.3, -0.25) is 4.72 Å². The van der Waals surface area contributed by atoms with Crippen molar-refractivity contribution in [2.45, 2.75) is 4.90 Å². The molecule has 0 aromatic heterocycles. The lowest BCUT2D eigenvalue weighted by molar-refractivity contribution is 0.599. The van der Waals surface area contributed by atoms with Gasteiger partial charge in [0.2, 0.25) is 0 Å². The summed E-state index contributed by atoms with van der Waals surface area (Å²) in [4.78, 5) is -0.161. The Labute approximate surface area is 120 Å². The van der Waals surface area contributed by atoms with E-state index in [1.165, 1.54) is 12.1 Å². The number of rotatable bonds is 3. The molecule has 0 spiro atoms. The molecule has 0 aliphatic rings. The Morgan fingerprint density at radius 1 is 1.20 bits per heavy atom. The highest BCUT2D eigenvalue weighted by Crippen LogP contribution is 2.22. The molecular formula is C13H8ClFN2O2S. The second kappa shape index (κ2) is 5.49. The number of hydrogen-bond acceptors (Lipinski definition) is 3. The molecule has 0 saturated carbocycles. The molecule has 1 N–H and O–H groups in total. The zero-order valence-corrected chi connectivity index (χ0v) is 11.5. The van der Waals surface area contributed by atoms with E-state index in [1.807, 2.05) is 6.07 Å². The molecule has 0 fully saturated rings. The number of nitrogens with zero attached hydrogens (tertiary/aromatic N) is 1. The Hall–Kier alpha value is -2.10. The first-order valence-electron chi connectivity index (χ1n) is 5.40. The van der Waals surface area contributed by atoms with Gasteiger partial charge in [0.1, 0.15) is 5.82 Å². The van der Waals surface area contributed by atoms with Crippen LogP contribution in [0.4, 0.5) is 10.1 Å². The van der Waals surface area contributed by atoms with Gasteiger partial charge in [-0.25, -0.2) is 12.8 Å². The normalized spacial score (nSPS) is 10.8. The van der Waals surface area contributed by atoms with Gasteiger partial charge in [0.25, 0.3) is 10.0 Å². The molecule has 2 rings (SSSR count). The monoisotopic (exact) mass is 310 g/mol. The summed E-state index contributed by atoms with van der Waals surface area (Å²) in [6.07, 6.45) is 0. The fraction of sp³-hybridized carbons (Fsp3) is 0. The number of sulfonamides is 1. The van der Waals surface area contributed by atoms with Crippen LogP contribution in [-0.4, -0.2) is 8.42 Å². The molecule has 4 nitrogen and oxygen atoms in total. The van der Waals surface area contributed by atoms with Gasteiger partial charge in [0.15, 0.2) is 0 Å². The summed E-state index contributed by atoms with van der Waals surface area (Å²) in [7, 11) is -3.89. The van der Waals surface area contributed by atoms with Crippen molar-refractivity contribution in [3.05, 3.63) is 58.9 Å². The van der Waals surface area contributed by atoms with Crippen molar-refractivity contribution in [3.63, 3.8) is 0 Å². The van der Waals surface area contributed by atoms with Gasteiger partial charge in [-0.05, 0) is 36.4 Å². The third-order valence-corrected chi connectivity index (χ3v) is 4.11. The van der Waals surface area contributed by atoms with Crippen LogP contribution in [0.25, 0.3) is 0 Å². The predicted molar refractivity (Wildman–Crippen MR) is 73.4 cm³/mol. The molecule has 0 saturated heterocycles. The molecule has 0 amide bonds. The first-order valence-corrected chi connectivity index (χ1v) is 7.26. The van der Waals surface area contributed by atoms with Crippen LogP contribution in [0.1, 0.15) is 5.56 Å². The third kappa shape index (κ3) is 3.07. The number of nitriles is 1. The first kappa shape index (κ1) is 14.3. The molecule has 2 aromatic carbocycles.